The first-order valence-electron chi connectivity index (χ1n) is 5.91. The van der Waals surface area contributed by atoms with Crippen molar-refractivity contribution in [2.75, 3.05) is 0 Å². The Morgan fingerprint density at radius 2 is 2.05 bits per heavy atom. The highest BCUT2D eigenvalue weighted by molar-refractivity contribution is 5.29. The molecular formula is C13H15F2N3O. The SMILES string of the molecule is CC(NCc1cn[nH]c1)c1ccc(OC(F)F)cc1. The third-order valence-corrected chi connectivity index (χ3v) is 2.77. The first-order chi connectivity index (χ1) is 9.15. The number of rotatable bonds is 6. The Morgan fingerprint density at radius 3 is 2.63 bits per heavy atom. The number of aromatic nitrogens is 2. The molecular weight excluding hydrogens is 252 g/mol. The van der Waals surface area contributed by atoms with Crippen LogP contribution in [0.2, 0.25) is 0 Å². The molecule has 6 heteroatoms. The minimum absolute atomic E-state index is 0.107. The second kappa shape index (κ2) is 6.29. The molecule has 0 radical (unpaired) electrons. The smallest absolute Gasteiger partial charge is 0.387 e. The van der Waals surface area contributed by atoms with E-state index in [4.69, 9.17) is 0 Å². The van der Waals surface area contributed by atoms with Crippen molar-refractivity contribution in [2.24, 2.45) is 0 Å². The number of alkyl halides is 2. The highest BCUT2D eigenvalue weighted by atomic mass is 19.3. The molecule has 0 bridgehead atoms. The van der Waals surface area contributed by atoms with Gasteiger partial charge in [-0.3, -0.25) is 5.10 Å². The number of aromatic amines is 1. The monoisotopic (exact) mass is 267 g/mol. The second-order valence-electron chi connectivity index (χ2n) is 4.16. The van der Waals surface area contributed by atoms with Crippen LogP contribution in [-0.2, 0) is 6.54 Å². The summed E-state index contributed by atoms with van der Waals surface area (Å²) in [7, 11) is 0. The van der Waals surface area contributed by atoms with E-state index < -0.39 is 6.61 Å². The van der Waals surface area contributed by atoms with Gasteiger partial charge in [0.15, 0.2) is 0 Å². The Labute approximate surface area is 109 Å². The minimum atomic E-state index is -2.79. The Hall–Kier alpha value is -1.95. The molecule has 0 aliphatic heterocycles. The minimum Gasteiger partial charge on any atom is -0.435 e. The summed E-state index contributed by atoms with van der Waals surface area (Å²) in [6, 6.07) is 6.72. The molecule has 2 aromatic rings. The molecule has 1 unspecified atom stereocenters. The van der Waals surface area contributed by atoms with Crippen molar-refractivity contribution in [3.05, 3.63) is 47.8 Å². The summed E-state index contributed by atoms with van der Waals surface area (Å²) < 4.78 is 28.3. The molecule has 19 heavy (non-hydrogen) atoms. The molecule has 102 valence electrons. The zero-order valence-corrected chi connectivity index (χ0v) is 10.4. The van der Waals surface area contributed by atoms with Gasteiger partial charge < -0.3 is 10.1 Å². The van der Waals surface area contributed by atoms with Crippen molar-refractivity contribution in [1.29, 1.82) is 0 Å². The lowest BCUT2D eigenvalue weighted by atomic mass is 10.1. The zero-order chi connectivity index (χ0) is 13.7. The average molecular weight is 267 g/mol. The summed E-state index contributed by atoms with van der Waals surface area (Å²) in [5.74, 6) is 0.167. The lowest BCUT2D eigenvalue weighted by Crippen LogP contribution is -2.17. The lowest BCUT2D eigenvalue weighted by molar-refractivity contribution is -0.0498. The maximum Gasteiger partial charge on any atom is 0.387 e. The highest BCUT2D eigenvalue weighted by Gasteiger charge is 2.07. The molecule has 1 aromatic heterocycles. The van der Waals surface area contributed by atoms with E-state index in [1.165, 1.54) is 12.1 Å². The molecule has 0 spiro atoms. The van der Waals surface area contributed by atoms with Gasteiger partial charge in [0, 0.05) is 24.3 Å². The molecule has 1 atom stereocenters. The van der Waals surface area contributed by atoms with Crippen LogP contribution in [0.3, 0.4) is 0 Å². The van der Waals surface area contributed by atoms with Crippen molar-refractivity contribution >= 4 is 0 Å². The third-order valence-electron chi connectivity index (χ3n) is 2.77. The van der Waals surface area contributed by atoms with E-state index in [9.17, 15) is 8.78 Å². The molecule has 2 N–H and O–H groups in total. The van der Waals surface area contributed by atoms with E-state index in [1.54, 1.807) is 18.3 Å². The van der Waals surface area contributed by atoms with Crippen molar-refractivity contribution in [2.45, 2.75) is 26.1 Å². The van der Waals surface area contributed by atoms with Gasteiger partial charge in [0.05, 0.1) is 6.20 Å². The molecule has 1 aromatic carbocycles. The topological polar surface area (TPSA) is 49.9 Å². The first-order valence-corrected chi connectivity index (χ1v) is 5.91. The summed E-state index contributed by atoms with van der Waals surface area (Å²) in [5.41, 5.74) is 2.06. The summed E-state index contributed by atoms with van der Waals surface area (Å²) in [6.45, 7) is -0.0989. The largest absolute Gasteiger partial charge is 0.435 e. The third kappa shape index (κ3) is 4.03. The zero-order valence-electron chi connectivity index (χ0n) is 10.4. The Morgan fingerprint density at radius 1 is 1.32 bits per heavy atom. The number of nitrogens with zero attached hydrogens (tertiary/aromatic N) is 1. The summed E-state index contributed by atoms with van der Waals surface area (Å²) in [5, 5.41) is 9.91. The van der Waals surface area contributed by atoms with Crippen LogP contribution in [0.5, 0.6) is 5.75 Å². The van der Waals surface area contributed by atoms with E-state index in [2.05, 4.69) is 20.3 Å². The fourth-order valence-corrected chi connectivity index (χ4v) is 1.70. The highest BCUT2D eigenvalue weighted by Crippen LogP contribution is 2.19. The van der Waals surface area contributed by atoms with Gasteiger partial charge in [-0.2, -0.15) is 13.9 Å². The molecule has 4 nitrogen and oxygen atoms in total. The molecule has 0 fully saturated rings. The lowest BCUT2D eigenvalue weighted by Gasteiger charge is -2.14. The van der Waals surface area contributed by atoms with Crippen molar-refractivity contribution in [3.63, 3.8) is 0 Å². The van der Waals surface area contributed by atoms with Crippen LogP contribution in [0, 0.1) is 0 Å². The summed E-state index contributed by atoms with van der Waals surface area (Å²) in [6.07, 6.45) is 3.57. The molecule has 0 aliphatic rings. The first kappa shape index (κ1) is 13.5. The molecule has 2 rings (SSSR count). The van der Waals surface area contributed by atoms with Gasteiger partial charge in [-0.25, -0.2) is 0 Å². The van der Waals surface area contributed by atoms with Gasteiger partial charge in [-0.15, -0.1) is 0 Å². The van der Waals surface area contributed by atoms with Gasteiger partial charge >= 0.3 is 6.61 Å². The van der Waals surface area contributed by atoms with Crippen molar-refractivity contribution < 1.29 is 13.5 Å². The number of H-pyrrole nitrogens is 1. The Kier molecular flexibility index (Phi) is 4.46. The number of hydrogen-bond donors (Lipinski definition) is 2. The van der Waals surface area contributed by atoms with Crippen LogP contribution in [0.1, 0.15) is 24.1 Å². The van der Waals surface area contributed by atoms with Crippen LogP contribution in [-0.4, -0.2) is 16.8 Å². The summed E-state index contributed by atoms with van der Waals surface area (Å²) >= 11 is 0. The van der Waals surface area contributed by atoms with E-state index in [-0.39, 0.29) is 11.8 Å². The number of ether oxygens (including phenoxy) is 1. The van der Waals surface area contributed by atoms with Crippen LogP contribution in [0.4, 0.5) is 8.78 Å². The van der Waals surface area contributed by atoms with Crippen LogP contribution in [0.15, 0.2) is 36.7 Å². The summed E-state index contributed by atoms with van der Waals surface area (Å²) in [4.78, 5) is 0. The van der Waals surface area contributed by atoms with Gasteiger partial charge in [0.25, 0.3) is 0 Å². The van der Waals surface area contributed by atoms with Gasteiger partial charge in [-0.1, -0.05) is 12.1 Å². The number of halogens is 2. The number of hydrogen-bond acceptors (Lipinski definition) is 3. The van der Waals surface area contributed by atoms with E-state index >= 15 is 0 Å². The quantitative estimate of drug-likeness (QED) is 0.846. The standard InChI is InChI=1S/C13H15F2N3O/c1-9(16-6-10-7-17-18-8-10)11-2-4-12(5-3-11)19-13(14)15/h2-5,7-9,13,16H,6H2,1H3,(H,17,18). The maximum absolute atomic E-state index is 12.0. The van der Waals surface area contributed by atoms with Crippen LogP contribution >= 0.6 is 0 Å². The van der Waals surface area contributed by atoms with Crippen molar-refractivity contribution in [3.8, 4) is 5.75 Å². The predicted octanol–water partition coefficient (Wildman–Crippen LogP) is 2.86. The molecule has 0 saturated heterocycles. The molecule has 0 aliphatic carbocycles. The fraction of sp³-hybridized carbons (Fsp3) is 0.308. The van der Waals surface area contributed by atoms with E-state index in [1.807, 2.05) is 13.1 Å². The molecule has 0 amide bonds. The van der Waals surface area contributed by atoms with Gasteiger partial charge in [-0.05, 0) is 24.6 Å². The second-order valence-corrected chi connectivity index (χ2v) is 4.16. The maximum atomic E-state index is 12.0. The number of nitrogens with one attached hydrogen (secondary N) is 2. The number of benzene rings is 1. The van der Waals surface area contributed by atoms with Crippen LogP contribution in [0.25, 0.3) is 0 Å². The van der Waals surface area contributed by atoms with Crippen LogP contribution < -0.4 is 10.1 Å². The normalized spacial score (nSPS) is 12.6. The predicted molar refractivity (Wildman–Crippen MR) is 66.9 cm³/mol. The fourth-order valence-electron chi connectivity index (χ4n) is 1.70. The van der Waals surface area contributed by atoms with Gasteiger partial charge in [0.2, 0.25) is 0 Å². The van der Waals surface area contributed by atoms with E-state index in [0.29, 0.717) is 6.54 Å². The molecule has 1 heterocycles. The van der Waals surface area contributed by atoms with Crippen molar-refractivity contribution in [1.82, 2.24) is 15.5 Å². The Bertz CT molecular complexity index is 485. The van der Waals surface area contributed by atoms with E-state index in [0.717, 1.165) is 11.1 Å². The Balaban J connectivity index is 1.90. The molecule has 0 saturated carbocycles. The van der Waals surface area contributed by atoms with Gasteiger partial charge in [0.1, 0.15) is 5.75 Å². The average Bonchev–Trinajstić information content (AvgIpc) is 2.89.